The Kier molecular flexibility index (Phi) is 4.22. The molecule has 1 saturated heterocycles. The van der Waals surface area contributed by atoms with Gasteiger partial charge in [-0.15, -0.1) is 0 Å². The van der Waals surface area contributed by atoms with Crippen molar-refractivity contribution in [3.63, 3.8) is 0 Å². The zero-order valence-corrected chi connectivity index (χ0v) is 17.8. The molecular formula is C24H23ClN4O. The molecule has 0 spiro atoms. The summed E-state index contributed by atoms with van der Waals surface area (Å²) in [5.74, 6) is -0.0237. The van der Waals surface area contributed by atoms with Gasteiger partial charge in [0, 0.05) is 46.7 Å². The van der Waals surface area contributed by atoms with Crippen molar-refractivity contribution in [3.8, 4) is 6.07 Å². The van der Waals surface area contributed by atoms with Crippen molar-refractivity contribution in [2.45, 2.75) is 38.1 Å². The Labute approximate surface area is 180 Å². The molecule has 0 bridgehead atoms. The first kappa shape index (κ1) is 19.2. The van der Waals surface area contributed by atoms with E-state index in [-0.39, 0.29) is 11.8 Å². The first-order valence-electron chi connectivity index (χ1n) is 10.3. The lowest BCUT2D eigenvalue weighted by atomic mass is 9.71. The molecule has 1 aliphatic carbocycles. The number of anilines is 1. The van der Waals surface area contributed by atoms with Crippen LogP contribution in [0.25, 0.3) is 10.9 Å². The van der Waals surface area contributed by atoms with E-state index >= 15 is 0 Å². The number of halogens is 1. The number of carbonyl (C=O) groups excluding carboxylic acids is 1. The van der Waals surface area contributed by atoms with Crippen LogP contribution < -0.4 is 10.6 Å². The Morgan fingerprint density at radius 3 is 2.67 bits per heavy atom. The van der Waals surface area contributed by atoms with E-state index in [1.165, 1.54) is 0 Å². The third kappa shape index (κ3) is 2.68. The lowest BCUT2D eigenvalue weighted by Gasteiger charge is -2.36. The summed E-state index contributed by atoms with van der Waals surface area (Å²) in [6.07, 6.45) is 1.87. The quantitative estimate of drug-likeness (QED) is 0.609. The number of aromatic amines is 1. The summed E-state index contributed by atoms with van der Waals surface area (Å²) in [5.41, 5.74) is 11.2. The molecule has 3 aromatic rings. The number of fused-ring (bicyclic) bond motifs is 4. The van der Waals surface area contributed by atoms with Crippen LogP contribution in [0.15, 0.2) is 30.3 Å². The van der Waals surface area contributed by atoms with E-state index in [1.807, 2.05) is 12.1 Å². The Balaban J connectivity index is 1.68. The fourth-order valence-electron chi connectivity index (χ4n) is 4.89. The maximum absolute atomic E-state index is 13.5. The van der Waals surface area contributed by atoms with Crippen LogP contribution in [0.5, 0.6) is 0 Å². The molecule has 2 heterocycles. The van der Waals surface area contributed by atoms with Crippen molar-refractivity contribution in [2.24, 2.45) is 5.73 Å². The third-order valence-electron chi connectivity index (χ3n) is 6.66. The topological polar surface area (TPSA) is 85.9 Å². The van der Waals surface area contributed by atoms with E-state index in [2.05, 4.69) is 35.9 Å². The number of carbonyl (C=O) groups is 1. The van der Waals surface area contributed by atoms with Crippen molar-refractivity contribution < 1.29 is 4.79 Å². The van der Waals surface area contributed by atoms with Gasteiger partial charge in [-0.05, 0) is 42.7 Å². The molecule has 0 radical (unpaired) electrons. The molecule has 3 N–H and O–H groups in total. The highest BCUT2D eigenvalue weighted by atomic mass is 35.5. The van der Waals surface area contributed by atoms with Gasteiger partial charge in [0.05, 0.1) is 27.9 Å². The van der Waals surface area contributed by atoms with Crippen LogP contribution in [-0.2, 0) is 5.41 Å². The van der Waals surface area contributed by atoms with Crippen molar-refractivity contribution in [1.29, 1.82) is 5.26 Å². The zero-order chi connectivity index (χ0) is 21.2. The highest BCUT2D eigenvalue weighted by Gasteiger charge is 2.40. The fraction of sp³-hybridized carbons (Fsp3) is 0.333. The molecule has 30 heavy (non-hydrogen) atoms. The van der Waals surface area contributed by atoms with Crippen molar-refractivity contribution in [1.82, 2.24) is 4.98 Å². The summed E-state index contributed by atoms with van der Waals surface area (Å²) in [4.78, 5) is 19.2. The van der Waals surface area contributed by atoms with Gasteiger partial charge in [-0.25, -0.2) is 0 Å². The van der Waals surface area contributed by atoms with Gasteiger partial charge >= 0.3 is 0 Å². The molecule has 6 heteroatoms. The van der Waals surface area contributed by atoms with E-state index in [0.717, 1.165) is 53.8 Å². The van der Waals surface area contributed by atoms with Gasteiger partial charge in [-0.3, -0.25) is 4.79 Å². The number of hydrogen-bond acceptors (Lipinski definition) is 4. The van der Waals surface area contributed by atoms with Crippen LogP contribution in [0, 0.1) is 11.3 Å². The number of hydrogen-bond donors (Lipinski definition) is 2. The highest BCUT2D eigenvalue weighted by molar-refractivity contribution is 6.34. The SMILES string of the molecule is CC1(C)c2cc(N3CCC(N)CC3)c(Cl)cc2C(=O)c2c1[nH]c1cc(C#N)ccc21. The number of nitrogens with two attached hydrogens (primary N) is 1. The van der Waals surface area contributed by atoms with E-state index in [4.69, 9.17) is 17.3 Å². The van der Waals surface area contributed by atoms with Gasteiger partial charge in [0.15, 0.2) is 5.78 Å². The minimum Gasteiger partial charge on any atom is -0.370 e. The second kappa shape index (κ2) is 6.60. The monoisotopic (exact) mass is 418 g/mol. The molecular weight excluding hydrogens is 396 g/mol. The second-order valence-corrected chi connectivity index (χ2v) is 9.28. The summed E-state index contributed by atoms with van der Waals surface area (Å²) >= 11 is 6.68. The van der Waals surface area contributed by atoms with Gasteiger partial charge in [-0.1, -0.05) is 31.5 Å². The molecule has 152 valence electrons. The minimum absolute atomic E-state index is 0.0237. The van der Waals surface area contributed by atoms with Gasteiger partial charge < -0.3 is 15.6 Å². The minimum atomic E-state index is -0.407. The molecule has 0 amide bonds. The molecule has 1 fully saturated rings. The van der Waals surface area contributed by atoms with Crippen LogP contribution in [0.2, 0.25) is 5.02 Å². The summed E-state index contributed by atoms with van der Waals surface area (Å²) in [7, 11) is 0. The maximum atomic E-state index is 13.5. The van der Waals surface area contributed by atoms with Gasteiger partial charge in [0.1, 0.15) is 0 Å². The third-order valence-corrected chi connectivity index (χ3v) is 6.97. The predicted octanol–water partition coefficient (Wildman–Crippen LogP) is 4.49. The highest BCUT2D eigenvalue weighted by Crippen LogP contribution is 2.46. The number of aromatic nitrogens is 1. The van der Waals surface area contributed by atoms with Crippen LogP contribution in [-0.4, -0.2) is 29.9 Å². The first-order valence-corrected chi connectivity index (χ1v) is 10.6. The van der Waals surface area contributed by atoms with Crippen molar-refractivity contribution in [3.05, 3.63) is 63.3 Å². The van der Waals surface area contributed by atoms with E-state index in [0.29, 0.717) is 21.7 Å². The summed E-state index contributed by atoms with van der Waals surface area (Å²) in [5, 5.41) is 10.7. The van der Waals surface area contributed by atoms with Gasteiger partial charge in [0.2, 0.25) is 0 Å². The summed E-state index contributed by atoms with van der Waals surface area (Å²) in [6.45, 7) is 5.98. The van der Waals surface area contributed by atoms with Crippen LogP contribution >= 0.6 is 11.6 Å². The van der Waals surface area contributed by atoms with Crippen LogP contribution in [0.1, 0.15) is 59.4 Å². The Hall–Kier alpha value is -2.81. The number of nitrogens with zero attached hydrogens (tertiary/aromatic N) is 2. The molecule has 2 aliphatic rings. The molecule has 1 aromatic heterocycles. The Bertz CT molecular complexity index is 1240. The number of ketones is 1. The predicted molar refractivity (Wildman–Crippen MR) is 119 cm³/mol. The molecule has 5 nitrogen and oxygen atoms in total. The van der Waals surface area contributed by atoms with E-state index < -0.39 is 5.41 Å². The summed E-state index contributed by atoms with van der Waals surface area (Å²) in [6, 6.07) is 11.7. The lowest BCUT2D eigenvalue weighted by molar-refractivity contribution is 0.103. The molecule has 1 aliphatic heterocycles. The summed E-state index contributed by atoms with van der Waals surface area (Å²) < 4.78 is 0. The number of piperidine rings is 1. The zero-order valence-electron chi connectivity index (χ0n) is 17.1. The first-order chi connectivity index (χ1) is 14.3. The average Bonchev–Trinajstić information content (AvgIpc) is 3.12. The van der Waals surface area contributed by atoms with Crippen LogP contribution in [0.4, 0.5) is 5.69 Å². The number of benzene rings is 2. The normalized spacial score (nSPS) is 18.2. The number of nitriles is 1. The molecule has 5 rings (SSSR count). The fourth-order valence-corrected chi connectivity index (χ4v) is 5.17. The molecule has 0 saturated carbocycles. The van der Waals surface area contributed by atoms with Crippen LogP contribution in [0.3, 0.4) is 0 Å². The molecule has 0 unspecified atom stereocenters. The second-order valence-electron chi connectivity index (χ2n) is 8.87. The lowest BCUT2D eigenvalue weighted by Crippen LogP contribution is -2.40. The van der Waals surface area contributed by atoms with Crippen molar-refractivity contribution in [2.75, 3.05) is 18.0 Å². The smallest absolute Gasteiger partial charge is 0.195 e. The van der Waals surface area contributed by atoms with E-state index in [1.54, 1.807) is 12.1 Å². The Morgan fingerprint density at radius 2 is 1.97 bits per heavy atom. The van der Waals surface area contributed by atoms with Gasteiger partial charge in [0.25, 0.3) is 0 Å². The van der Waals surface area contributed by atoms with E-state index in [9.17, 15) is 10.1 Å². The van der Waals surface area contributed by atoms with Gasteiger partial charge in [-0.2, -0.15) is 5.26 Å². The average molecular weight is 419 g/mol. The Morgan fingerprint density at radius 1 is 1.23 bits per heavy atom. The maximum Gasteiger partial charge on any atom is 0.195 e. The largest absolute Gasteiger partial charge is 0.370 e. The molecule has 2 aromatic carbocycles. The number of nitrogens with one attached hydrogen (secondary N) is 1. The number of rotatable bonds is 1. The van der Waals surface area contributed by atoms with Crippen molar-refractivity contribution >= 4 is 34.0 Å². The number of H-pyrrole nitrogens is 1. The molecule has 0 atom stereocenters. The standard InChI is InChI=1S/C24H23ClN4O/c1-24(2)17-11-20(29-7-5-14(27)6-8-29)18(25)10-16(17)22(30)21-15-4-3-13(12-26)9-19(15)28-23(21)24/h3-4,9-11,14,28H,5-8,27H2,1-2H3.